The molecule has 20 heavy (non-hydrogen) atoms. The van der Waals surface area contributed by atoms with Crippen LogP contribution in [0.3, 0.4) is 0 Å². The van der Waals surface area contributed by atoms with Crippen molar-refractivity contribution < 1.29 is 19.4 Å². The van der Waals surface area contributed by atoms with Gasteiger partial charge in [0.05, 0.1) is 0 Å². The summed E-state index contributed by atoms with van der Waals surface area (Å²) in [5, 5.41) is 11.9. The molecule has 0 aromatic heterocycles. The van der Waals surface area contributed by atoms with Gasteiger partial charge in [0.2, 0.25) is 5.91 Å². The lowest BCUT2D eigenvalue weighted by atomic mass is 10.0. The first-order valence-corrected chi connectivity index (χ1v) is 6.70. The molecule has 0 saturated carbocycles. The largest absolute Gasteiger partial charge is 0.479 e. The highest BCUT2D eigenvalue weighted by atomic mass is 16.5. The molecule has 2 rings (SSSR count). The zero-order valence-electron chi connectivity index (χ0n) is 11.7. The van der Waals surface area contributed by atoms with Gasteiger partial charge in [0, 0.05) is 6.61 Å². The maximum absolute atomic E-state index is 12.0. The van der Waals surface area contributed by atoms with Crippen molar-refractivity contribution in [2.45, 2.75) is 38.8 Å². The van der Waals surface area contributed by atoms with Crippen molar-refractivity contribution in [3.8, 4) is 0 Å². The molecule has 0 spiro atoms. The molecule has 1 saturated heterocycles. The Labute approximate surface area is 117 Å². The summed E-state index contributed by atoms with van der Waals surface area (Å²) in [5.41, 5.74) is 2.52. The molecule has 2 N–H and O–H groups in total. The van der Waals surface area contributed by atoms with E-state index in [9.17, 15) is 14.7 Å². The van der Waals surface area contributed by atoms with E-state index in [1.165, 1.54) is 0 Å². The second-order valence-electron chi connectivity index (χ2n) is 5.20. The second kappa shape index (κ2) is 6.05. The minimum atomic E-state index is -1.07. The Hall–Kier alpha value is -1.88. The molecule has 1 amide bonds. The SMILES string of the molecule is Cc1cc(C)cc(C(NC(=O)C2CCCO2)C(=O)O)c1. The first-order chi connectivity index (χ1) is 9.47. The summed E-state index contributed by atoms with van der Waals surface area (Å²) < 4.78 is 5.27. The molecule has 0 radical (unpaired) electrons. The van der Waals surface area contributed by atoms with Gasteiger partial charge in [0.1, 0.15) is 6.10 Å². The van der Waals surface area contributed by atoms with Crippen LogP contribution in [0.5, 0.6) is 0 Å². The number of rotatable bonds is 4. The van der Waals surface area contributed by atoms with Crippen LogP contribution in [0.15, 0.2) is 18.2 Å². The molecule has 2 unspecified atom stereocenters. The molecular formula is C15H19NO4. The molecule has 0 bridgehead atoms. The van der Waals surface area contributed by atoms with E-state index in [-0.39, 0.29) is 5.91 Å². The number of benzene rings is 1. The van der Waals surface area contributed by atoms with Crippen LogP contribution in [0.25, 0.3) is 0 Å². The quantitative estimate of drug-likeness (QED) is 0.878. The molecule has 2 atom stereocenters. The van der Waals surface area contributed by atoms with Crippen LogP contribution >= 0.6 is 0 Å². The predicted octanol–water partition coefficient (Wildman–Crippen LogP) is 1.72. The van der Waals surface area contributed by atoms with Gasteiger partial charge < -0.3 is 15.2 Å². The van der Waals surface area contributed by atoms with Gasteiger partial charge in [-0.3, -0.25) is 4.79 Å². The van der Waals surface area contributed by atoms with Gasteiger partial charge in [-0.25, -0.2) is 4.79 Å². The third kappa shape index (κ3) is 3.36. The van der Waals surface area contributed by atoms with E-state index >= 15 is 0 Å². The van der Waals surface area contributed by atoms with Crippen LogP contribution in [0.1, 0.15) is 35.6 Å². The molecule has 1 aliphatic rings. The number of nitrogens with one attached hydrogen (secondary N) is 1. The third-order valence-corrected chi connectivity index (χ3v) is 3.33. The minimum absolute atomic E-state index is 0.353. The molecule has 108 valence electrons. The van der Waals surface area contributed by atoms with Crippen LogP contribution in [0, 0.1) is 13.8 Å². The summed E-state index contributed by atoms with van der Waals surface area (Å²) in [5.74, 6) is -1.42. The van der Waals surface area contributed by atoms with E-state index < -0.39 is 18.1 Å². The molecule has 1 heterocycles. The first kappa shape index (κ1) is 14.5. The second-order valence-corrected chi connectivity index (χ2v) is 5.20. The van der Waals surface area contributed by atoms with Gasteiger partial charge in [0.25, 0.3) is 0 Å². The van der Waals surface area contributed by atoms with E-state index in [0.29, 0.717) is 18.6 Å². The topological polar surface area (TPSA) is 75.6 Å². The monoisotopic (exact) mass is 277 g/mol. The van der Waals surface area contributed by atoms with Crippen molar-refractivity contribution in [2.75, 3.05) is 6.61 Å². The number of hydrogen-bond acceptors (Lipinski definition) is 3. The number of hydrogen-bond donors (Lipinski definition) is 2. The van der Waals surface area contributed by atoms with Gasteiger partial charge >= 0.3 is 5.97 Å². The average Bonchev–Trinajstić information content (AvgIpc) is 2.87. The smallest absolute Gasteiger partial charge is 0.330 e. The lowest BCUT2D eigenvalue weighted by Gasteiger charge is -2.18. The molecule has 1 aliphatic heterocycles. The van der Waals surface area contributed by atoms with Gasteiger partial charge in [-0.05, 0) is 32.3 Å². The zero-order valence-corrected chi connectivity index (χ0v) is 11.7. The zero-order chi connectivity index (χ0) is 14.7. The molecule has 5 nitrogen and oxygen atoms in total. The van der Waals surface area contributed by atoms with Gasteiger partial charge in [-0.15, -0.1) is 0 Å². The minimum Gasteiger partial charge on any atom is -0.479 e. The Bertz CT molecular complexity index is 500. The predicted molar refractivity (Wildman–Crippen MR) is 73.4 cm³/mol. The summed E-state index contributed by atoms with van der Waals surface area (Å²) >= 11 is 0. The third-order valence-electron chi connectivity index (χ3n) is 3.33. The molecule has 1 aromatic rings. The number of carbonyl (C=O) groups is 2. The van der Waals surface area contributed by atoms with E-state index in [4.69, 9.17) is 4.74 Å². The standard InChI is InChI=1S/C15H19NO4/c1-9-6-10(2)8-11(7-9)13(15(18)19)16-14(17)12-4-3-5-20-12/h6-8,12-13H,3-5H2,1-2H3,(H,16,17)(H,18,19). The summed E-state index contributed by atoms with van der Waals surface area (Å²) in [6, 6.07) is 4.48. The molecule has 1 fully saturated rings. The van der Waals surface area contributed by atoms with Crippen LogP contribution in [0.2, 0.25) is 0 Å². The van der Waals surface area contributed by atoms with E-state index in [1.807, 2.05) is 19.9 Å². The molecular weight excluding hydrogens is 258 g/mol. The first-order valence-electron chi connectivity index (χ1n) is 6.70. The number of carboxylic acid groups (broad SMARTS) is 1. The maximum Gasteiger partial charge on any atom is 0.330 e. The number of aliphatic carboxylic acids is 1. The highest BCUT2D eigenvalue weighted by Crippen LogP contribution is 2.19. The van der Waals surface area contributed by atoms with Crippen molar-refractivity contribution in [1.82, 2.24) is 5.32 Å². The Morgan fingerprint density at radius 3 is 2.45 bits per heavy atom. The fraction of sp³-hybridized carbons (Fsp3) is 0.467. The van der Waals surface area contributed by atoms with Crippen LogP contribution in [0.4, 0.5) is 0 Å². The van der Waals surface area contributed by atoms with Gasteiger partial charge in [0.15, 0.2) is 6.04 Å². The lowest BCUT2D eigenvalue weighted by molar-refractivity contribution is -0.143. The van der Waals surface area contributed by atoms with E-state index in [2.05, 4.69) is 5.32 Å². The van der Waals surface area contributed by atoms with Crippen molar-refractivity contribution in [3.63, 3.8) is 0 Å². The number of ether oxygens (including phenoxy) is 1. The summed E-state index contributed by atoms with van der Waals surface area (Å²) in [6.07, 6.45) is 0.951. The fourth-order valence-electron chi connectivity index (χ4n) is 2.48. The highest BCUT2D eigenvalue weighted by Gasteiger charge is 2.29. The van der Waals surface area contributed by atoms with Crippen LogP contribution in [-0.2, 0) is 14.3 Å². The highest BCUT2D eigenvalue weighted by molar-refractivity contribution is 5.87. The fourth-order valence-corrected chi connectivity index (χ4v) is 2.48. The Morgan fingerprint density at radius 1 is 1.30 bits per heavy atom. The summed E-state index contributed by atoms with van der Waals surface area (Å²) in [4.78, 5) is 23.4. The van der Waals surface area contributed by atoms with Crippen LogP contribution < -0.4 is 5.32 Å². The Kier molecular flexibility index (Phi) is 4.39. The Balaban J connectivity index is 2.18. The van der Waals surface area contributed by atoms with Crippen molar-refractivity contribution in [2.24, 2.45) is 0 Å². The van der Waals surface area contributed by atoms with E-state index in [1.54, 1.807) is 12.1 Å². The summed E-state index contributed by atoms with van der Waals surface area (Å²) in [6.45, 7) is 4.36. The summed E-state index contributed by atoms with van der Waals surface area (Å²) in [7, 11) is 0. The van der Waals surface area contributed by atoms with Crippen molar-refractivity contribution in [3.05, 3.63) is 34.9 Å². The molecule has 1 aromatic carbocycles. The van der Waals surface area contributed by atoms with Gasteiger partial charge in [-0.2, -0.15) is 0 Å². The molecule has 0 aliphatic carbocycles. The number of carbonyl (C=O) groups excluding carboxylic acids is 1. The average molecular weight is 277 g/mol. The van der Waals surface area contributed by atoms with Crippen molar-refractivity contribution in [1.29, 1.82) is 0 Å². The maximum atomic E-state index is 12.0. The normalized spacial score (nSPS) is 19.6. The van der Waals surface area contributed by atoms with E-state index in [0.717, 1.165) is 17.5 Å². The number of amides is 1. The Morgan fingerprint density at radius 2 is 1.95 bits per heavy atom. The number of carboxylic acids is 1. The number of aryl methyl sites for hydroxylation is 2. The van der Waals surface area contributed by atoms with Crippen molar-refractivity contribution >= 4 is 11.9 Å². The van der Waals surface area contributed by atoms with Crippen LogP contribution in [-0.4, -0.2) is 29.7 Å². The lowest BCUT2D eigenvalue weighted by Crippen LogP contribution is -2.40. The van der Waals surface area contributed by atoms with Gasteiger partial charge in [-0.1, -0.05) is 29.3 Å². The molecule has 5 heteroatoms.